The number of amides is 3. The summed E-state index contributed by atoms with van der Waals surface area (Å²) in [6.07, 6.45) is 3.39. The molecule has 1 spiro atoms. The Morgan fingerprint density at radius 3 is 2.54 bits per heavy atom. The zero-order chi connectivity index (χ0) is 33.0. The number of carbonyl (C=O) groups is 4. The molecule has 0 unspecified atom stereocenters. The molecule has 2 N–H and O–H groups in total. The fraction of sp³-hybridized carbons (Fsp3) is 0.429. The predicted octanol–water partition coefficient (Wildman–Crippen LogP) is 3.98. The van der Waals surface area contributed by atoms with Crippen LogP contribution in [0.25, 0.3) is 0 Å². The van der Waals surface area contributed by atoms with Gasteiger partial charge in [-0.2, -0.15) is 0 Å². The lowest BCUT2D eigenvalue weighted by atomic mass is 9.70. The average Bonchev–Trinajstić information content (AvgIpc) is 3.72. The van der Waals surface area contributed by atoms with Gasteiger partial charge in [-0.05, 0) is 56.0 Å². The van der Waals surface area contributed by atoms with E-state index in [9.17, 15) is 24.3 Å². The van der Waals surface area contributed by atoms with Crippen LogP contribution in [-0.4, -0.2) is 77.2 Å². The van der Waals surface area contributed by atoms with E-state index < -0.39 is 59.5 Å². The molecule has 3 heterocycles. The Bertz CT molecular complexity index is 1470. The highest BCUT2D eigenvalue weighted by Crippen LogP contribution is 2.59. The standard InChI is InChI=1S/C35H40ClN3O7/c1-4-6-12-28(41)37-20-27(23-10-8-7-9-11-23)45-34(44)29-26-17-18-35(46-26)30(29)32(42)39(22(3)21-40)31(35)33(43)38(19-5-2)25-15-13-24(36)14-16-25/h4-5,7-11,13-16,22,26-27,29-31,40H,1-2,6,12,17-21H2,3H3,(H,37,41)/t22-,26-,27+,29+,30+,31-,35+/m1/s1. The monoisotopic (exact) mass is 649 g/mol. The van der Waals surface area contributed by atoms with Crippen molar-refractivity contribution in [2.75, 3.05) is 24.6 Å². The van der Waals surface area contributed by atoms with Gasteiger partial charge >= 0.3 is 5.97 Å². The summed E-state index contributed by atoms with van der Waals surface area (Å²) in [4.78, 5) is 58.1. The third-order valence-corrected chi connectivity index (χ3v) is 9.44. The van der Waals surface area contributed by atoms with Gasteiger partial charge < -0.3 is 29.7 Å². The Labute approximate surface area is 274 Å². The number of nitrogens with one attached hydrogen (secondary N) is 1. The minimum absolute atomic E-state index is 0.0418. The van der Waals surface area contributed by atoms with Crippen molar-refractivity contribution in [2.24, 2.45) is 11.8 Å². The maximum absolute atomic E-state index is 14.5. The minimum atomic E-state index is -1.29. The second-order valence-corrected chi connectivity index (χ2v) is 12.5. The van der Waals surface area contributed by atoms with E-state index in [1.807, 2.05) is 18.2 Å². The zero-order valence-corrected chi connectivity index (χ0v) is 26.6. The Kier molecular flexibility index (Phi) is 10.3. The van der Waals surface area contributed by atoms with Gasteiger partial charge in [0.2, 0.25) is 11.8 Å². The number of fused-ring (bicyclic) bond motifs is 1. The van der Waals surface area contributed by atoms with Gasteiger partial charge in [-0.1, -0.05) is 54.1 Å². The van der Waals surface area contributed by atoms with Gasteiger partial charge in [0, 0.05) is 23.7 Å². The number of esters is 1. The van der Waals surface area contributed by atoms with Crippen LogP contribution < -0.4 is 10.2 Å². The number of hydrogen-bond donors (Lipinski definition) is 2. The van der Waals surface area contributed by atoms with Gasteiger partial charge in [-0.15, -0.1) is 13.2 Å². The molecule has 11 heteroatoms. The van der Waals surface area contributed by atoms with Crippen molar-refractivity contribution in [1.82, 2.24) is 10.2 Å². The second kappa shape index (κ2) is 14.2. The first-order chi connectivity index (χ1) is 22.2. The number of carbonyl (C=O) groups excluding carboxylic acids is 4. The SMILES string of the molecule is C=CCCC(=O)NC[C@H](OC(=O)[C@@H]1[C@H]2C(=O)N([C@H](C)CO)[C@H](C(=O)N(CC=C)c3ccc(Cl)cc3)[C@]23CC[C@H]1O3)c1ccccc1. The fourth-order valence-electron chi connectivity index (χ4n) is 7.06. The number of rotatable bonds is 14. The maximum Gasteiger partial charge on any atom is 0.313 e. The van der Waals surface area contributed by atoms with Crippen LogP contribution in [0.15, 0.2) is 79.9 Å². The molecule has 3 aliphatic rings. The first kappa shape index (κ1) is 33.4. The highest BCUT2D eigenvalue weighted by atomic mass is 35.5. The van der Waals surface area contributed by atoms with Crippen LogP contribution in [0.1, 0.15) is 44.3 Å². The maximum atomic E-state index is 14.5. The first-order valence-corrected chi connectivity index (χ1v) is 16.0. The summed E-state index contributed by atoms with van der Waals surface area (Å²) in [5.74, 6) is -3.64. The van der Waals surface area contributed by atoms with Crippen LogP contribution in [0.5, 0.6) is 0 Å². The Morgan fingerprint density at radius 1 is 1.17 bits per heavy atom. The number of aliphatic hydroxyl groups is 1. The van der Waals surface area contributed by atoms with Gasteiger partial charge in [0.25, 0.3) is 5.91 Å². The molecule has 3 aliphatic heterocycles. The molecule has 0 aromatic heterocycles. The molecular formula is C35H40ClN3O7. The van der Waals surface area contributed by atoms with Crippen LogP contribution in [0.3, 0.4) is 0 Å². The first-order valence-electron chi connectivity index (χ1n) is 15.6. The lowest BCUT2D eigenvalue weighted by Gasteiger charge is -2.38. The highest BCUT2D eigenvalue weighted by Gasteiger charge is 2.75. The predicted molar refractivity (Wildman–Crippen MR) is 173 cm³/mol. The quantitative estimate of drug-likeness (QED) is 0.234. The number of hydrogen-bond acceptors (Lipinski definition) is 7. The lowest BCUT2D eigenvalue weighted by molar-refractivity contribution is -0.161. The normalized spacial score (nSPS) is 25.8. The summed E-state index contributed by atoms with van der Waals surface area (Å²) in [6, 6.07) is 14.0. The summed E-state index contributed by atoms with van der Waals surface area (Å²) in [5.41, 5.74) is -0.0514. The van der Waals surface area contributed by atoms with E-state index in [-0.39, 0.29) is 32.0 Å². The van der Waals surface area contributed by atoms with Crippen molar-refractivity contribution in [3.8, 4) is 0 Å². The van der Waals surface area contributed by atoms with E-state index in [4.69, 9.17) is 21.1 Å². The van der Waals surface area contributed by atoms with Crippen LogP contribution in [-0.2, 0) is 28.7 Å². The number of halogens is 1. The van der Waals surface area contributed by atoms with Gasteiger partial charge in [-0.3, -0.25) is 19.2 Å². The van der Waals surface area contributed by atoms with Crippen molar-refractivity contribution >= 4 is 41.0 Å². The molecule has 2 aromatic carbocycles. The van der Waals surface area contributed by atoms with E-state index in [0.29, 0.717) is 35.5 Å². The highest BCUT2D eigenvalue weighted by molar-refractivity contribution is 6.30. The van der Waals surface area contributed by atoms with E-state index in [1.165, 1.54) is 9.80 Å². The minimum Gasteiger partial charge on any atom is -0.455 e. The Hall–Kier alpha value is -3.99. The molecule has 244 valence electrons. The van der Waals surface area contributed by atoms with E-state index >= 15 is 0 Å². The zero-order valence-electron chi connectivity index (χ0n) is 25.8. The molecule has 2 bridgehead atoms. The number of nitrogens with zero attached hydrogens (tertiary/aromatic N) is 2. The molecule has 0 aliphatic carbocycles. The number of ether oxygens (including phenoxy) is 2. The number of likely N-dealkylation sites (tertiary alicyclic amines) is 1. The van der Waals surface area contributed by atoms with Crippen molar-refractivity contribution in [2.45, 2.75) is 62.5 Å². The summed E-state index contributed by atoms with van der Waals surface area (Å²) >= 11 is 6.11. The smallest absolute Gasteiger partial charge is 0.313 e. The Balaban J connectivity index is 1.46. The molecule has 3 amide bonds. The van der Waals surface area contributed by atoms with Gasteiger partial charge in [-0.25, -0.2) is 0 Å². The molecule has 0 radical (unpaired) electrons. The third kappa shape index (κ3) is 6.21. The van der Waals surface area contributed by atoms with Crippen LogP contribution in [0, 0.1) is 11.8 Å². The topological polar surface area (TPSA) is 125 Å². The molecule has 0 saturated carbocycles. The Morgan fingerprint density at radius 2 is 1.89 bits per heavy atom. The molecule has 3 fully saturated rings. The van der Waals surface area contributed by atoms with Gasteiger partial charge in [0.05, 0.1) is 37.1 Å². The molecule has 2 aromatic rings. The third-order valence-electron chi connectivity index (χ3n) is 9.19. The summed E-state index contributed by atoms with van der Waals surface area (Å²) in [6.45, 7) is 8.93. The van der Waals surface area contributed by atoms with Crippen molar-refractivity contribution < 1.29 is 33.8 Å². The average molecular weight is 650 g/mol. The van der Waals surface area contributed by atoms with E-state index in [1.54, 1.807) is 55.5 Å². The number of allylic oxidation sites excluding steroid dienone is 1. The molecule has 46 heavy (non-hydrogen) atoms. The molecule has 3 saturated heterocycles. The van der Waals surface area contributed by atoms with Gasteiger partial charge in [0.1, 0.15) is 17.7 Å². The summed E-state index contributed by atoms with van der Waals surface area (Å²) in [7, 11) is 0. The van der Waals surface area contributed by atoms with E-state index in [0.717, 1.165) is 0 Å². The number of benzene rings is 2. The van der Waals surface area contributed by atoms with Crippen molar-refractivity contribution in [1.29, 1.82) is 0 Å². The summed E-state index contributed by atoms with van der Waals surface area (Å²) < 4.78 is 12.6. The van der Waals surface area contributed by atoms with Gasteiger partial charge in [0.15, 0.2) is 0 Å². The van der Waals surface area contributed by atoms with Crippen molar-refractivity contribution in [3.63, 3.8) is 0 Å². The van der Waals surface area contributed by atoms with Crippen LogP contribution in [0.2, 0.25) is 5.02 Å². The van der Waals surface area contributed by atoms with Crippen LogP contribution >= 0.6 is 11.6 Å². The molecule has 7 atom stereocenters. The number of aliphatic hydroxyl groups excluding tert-OH is 1. The van der Waals surface area contributed by atoms with E-state index in [2.05, 4.69) is 18.5 Å². The second-order valence-electron chi connectivity index (χ2n) is 12.0. The number of anilines is 1. The fourth-order valence-corrected chi connectivity index (χ4v) is 7.19. The molecule has 10 nitrogen and oxygen atoms in total. The molecular weight excluding hydrogens is 610 g/mol. The van der Waals surface area contributed by atoms with Crippen molar-refractivity contribution in [3.05, 3.63) is 90.5 Å². The summed E-state index contributed by atoms with van der Waals surface area (Å²) in [5, 5.41) is 13.5. The molecule has 5 rings (SSSR count). The largest absolute Gasteiger partial charge is 0.455 e. The van der Waals surface area contributed by atoms with Crippen LogP contribution in [0.4, 0.5) is 5.69 Å². The lowest BCUT2D eigenvalue weighted by Crippen LogP contribution is -2.58.